The van der Waals surface area contributed by atoms with E-state index in [-0.39, 0.29) is 0 Å². The Morgan fingerprint density at radius 1 is 1.24 bits per heavy atom. The topological polar surface area (TPSA) is 46.5 Å². The third kappa shape index (κ3) is 1.57. The summed E-state index contributed by atoms with van der Waals surface area (Å²) in [5.74, 6) is 0.0680. The van der Waals surface area contributed by atoms with Gasteiger partial charge >= 0.3 is 5.97 Å². The monoisotopic (exact) mass is 234 g/mol. The Morgan fingerprint density at radius 2 is 1.82 bits per heavy atom. The molecule has 0 amide bonds. The van der Waals surface area contributed by atoms with Crippen LogP contribution in [0.15, 0.2) is 6.07 Å². The van der Waals surface area contributed by atoms with Crippen molar-refractivity contribution in [3.8, 4) is 5.75 Å². The second kappa shape index (κ2) is 3.57. The molecule has 1 N–H and O–H groups in total. The summed E-state index contributed by atoms with van der Waals surface area (Å²) < 4.78 is 5.28. The molecule has 17 heavy (non-hydrogen) atoms. The Hall–Kier alpha value is -1.35. The molecule has 1 unspecified atom stereocenters. The standard InChI is InChI=1S/C14H18O3/c1-7-6-8(2)10-11(9(7)3)17-13(16)12(15)14(10,4)5/h6,12,15H,1-5H3. The lowest BCUT2D eigenvalue weighted by Crippen LogP contribution is -2.47. The normalized spacial score (nSPS) is 22.0. The molecule has 0 spiro atoms. The first-order valence-corrected chi connectivity index (χ1v) is 5.78. The molecule has 1 aromatic carbocycles. The maximum Gasteiger partial charge on any atom is 0.341 e. The van der Waals surface area contributed by atoms with Gasteiger partial charge < -0.3 is 9.84 Å². The molecule has 3 heteroatoms. The van der Waals surface area contributed by atoms with Crippen LogP contribution in [-0.4, -0.2) is 17.2 Å². The molecule has 1 aliphatic rings. The van der Waals surface area contributed by atoms with E-state index in [9.17, 15) is 9.90 Å². The van der Waals surface area contributed by atoms with Crippen LogP contribution in [-0.2, 0) is 10.2 Å². The second-order valence-corrected chi connectivity index (χ2v) is 5.38. The molecule has 3 nitrogen and oxygen atoms in total. The SMILES string of the molecule is Cc1cc(C)c2c(c1C)OC(=O)C(O)C2(C)C. The molecule has 1 aliphatic heterocycles. The van der Waals surface area contributed by atoms with Gasteiger partial charge in [0.25, 0.3) is 0 Å². The number of rotatable bonds is 0. The van der Waals surface area contributed by atoms with Crippen molar-refractivity contribution in [1.29, 1.82) is 0 Å². The zero-order valence-electron chi connectivity index (χ0n) is 10.9. The summed E-state index contributed by atoms with van der Waals surface area (Å²) in [6.45, 7) is 9.67. The van der Waals surface area contributed by atoms with Crippen LogP contribution in [0.25, 0.3) is 0 Å². The van der Waals surface area contributed by atoms with Gasteiger partial charge in [-0.2, -0.15) is 0 Å². The van der Waals surface area contributed by atoms with Crippen molar-refractivity contribution in [2.75, 3.05) is 0 Å². The van der Waals surface area contributed by atoms with E-state index in [2.05, 4.69) is 6.07 Å². The summed E-state index contributed by atoms with van der Waals surface area (Å²) >= 11 is 0. The van der Waals surface area contributed by atoms with Crippen molar-refractivity contribution in [2.45, 2.75) is 46.1 Å². The van der Waals surface area contributed by atoms with Gasteiger partial charge in [-0.05, 0) is 37.5 Å². The predicted octanol–water partition coefficient (Wildman–Crippen LogP) is 2.17. The summed E-state index contributed by atoms with van der Waals surface area (Å²) in [5.41, 5.74) is 3.46. The van der Waals surface area contributed by atoms with Crippen molar-refractivity contribution < 1.29 is 14.6 Å². The lowest BCUT2D eigenvalue weighted by atomic mass is 9.74. The van der Waals surface area contributed by atoms with Gasteiger partial charge in [-0.3, -0.25) is 0 Å². The van der Waals surface area contributed by atoms with Gasteiger partial charge in [0.15, 0.2) is 6.10 Å². The molecule has 92 valence electrons. The number of aliphatic hydroxyl groups is 1. The van der Waals surface area contributed by atoms with E-state index in [1.54, 1.807) is 0 Å². The number of ether oxygens (including phenoxy) is 1. The molecule has 0 aromatic heterocycles. The molecule has 1 heterocycles. The smallest absolute Gasteiger partial charge is 0.341 e. The van der Waals surface area contributed by atoms with Crippen molar-refractivity contribution >= 4 is 5.97 Å². The maximum atomic E-state index is 11.7. The van der Waals surface area contributed by atoms with E-state index in [4.69, 9.17) is 4.74 Å². The minimum atomic E-state index is -1.10. The molecule has 0 saturated carbocycles. The van der Waals surface area contributed by atoms with E-state index in [0.717, 1.165) is 22.3 Å². The van der Waals surface area contributed by atoms with Crippen LogP contribution in [0.4, 0.5) is 0 Å². The van der Waals surface area contributed by atoms with Crippen LogP contribution in [0.5, 0.6) is 5.75 Å². The number of esters is 1. The minimum Gasteiger partial charge on any atom is -0.424 e. The van der Waals surface area contributed by atoms with E-state index < -0.39 is 17.5 Å². The van der Waals surface area contributed by atoms with E-state index >= 15 is 0 Å². The highest BCUT2D eigenvalue weighted by Crippen LogP contribution is 2.43. The third-order valence-corrected chi connectivity index (χ3v) is 3.74. The first-order chi connectivity index (χ1) is 7.76. The van der Waals surface area contributed by atoms with Crippen molar-refractivity contribution in [3.63, 3.8) is 0 Å². The molecule has 0 bridgehead atoms. The Morgan fingerprint density at radius 3 is 2.41 bits per heavy atom. The molecular formula is C14H18O3. The summed E-state index contributed by atoms with van der Waals surface area (Å²) in [7, 11) is 0. The number of aliphatic hydroxyl groups excluding tert-OH is 1. The summed E-state index contributed by atoms with van der Waals surface area (Å²) in [6.07, 6.45) is -1.10. The fourth-order valence-corrected chi connectivity index (χ4v) is 2.57. The first-order valence-electron chi connectivity index (χ1n) is 5.78. The van der Waals surface area contributed by atoms with Crippen LogP contribution in [0.2, 0.25) is 0 Å². The quantitative estimate of drug-likeness (QED) is 0.553. The zero-order chi connectivity index (χ0) is 13.0. The van der Waals surface area contributed by atoms with Crippen LogP contribution in [0.3, 0.4) is 0 Å². The van der Waals surface area contributed by atoms with E-state index in [0.29, 0.717) is 5.75 Å². The van der Waals surface area contributed by atoms with Gasteiger partial charge in [-0.15, -0.1) is 0 Å². The number of hydrogen-bond acceptors (Lipinski definition) is 3. The van der Waals surface area contributed by atoms with Gasteiger partial charge in [0.2, 0.25) is 0 Å². The zero-order valence-corrected chi connectivity index (χ0v) is 10.9. The van der Waals surface area contributed by atoms with Crippen LogP contribution in [0, 0.1) is 20.8 Å². The molecule has 0 radical (unpaired) electrons. The van der Waals surface area contributed by atoms with Crippen LogP contribution < -0.4 is 4.74 Å². The largest absolute Gasteiger partial charge is 0.424 e. The molecule has 0 fully saturated rings. The molecule has 1 atom stereocenters. The van der Waals surface area contributed by atoms with Gasteiger partial charge in [0.05, 0.1) is 0 Å². The number of carbonyl (C=O) groups excluding carboxylic acids is 1. The first kappa shape index (κ1) is 12.1. The predicted molar refractivity (Wildman–Crippen MR) is 65.3 cm³/mol. The molecular weight excluding hydrogens is 216 g/mol. The number of carbonyl (C=O) groups is 1. The Balaban J connectivity index is 2.79. The Labute approximate surface area is 101 Å². The van der Waals surface area contributed by atoms with Crippen molar-refractivity contribution in [3.05, 3.63) is 28.3 Å². The van der Waals surface area contributed by atoms with Gasteiger partial charge in [-0.1, -0.05) is 19.9 Å². The minimum absolute atomic E-state index is 0.560. The average Bonchev–Trinajstić information content (AvgIpc) is 2.22. The number of fused-ring (bicyclic) bond motifs is 1. The average molecular weight is 234 g/mol. The Bertz CT molecular complexity index is 501. The van der Waals surface area contributed by atoms with Crippen molar-refractivity contribution in [1.82, 2.24) is 0 Å². The molecule has 0 saturated heterocycles. The van der Waals surface area contributed by atoms with E-state index in [1.165, 1.54) is 0 Å². The Kier molecular flexibility index (Phi) is 2.54. The number of benzene rings is 1. The third-order valence-electron chi connectivity index (χ3n) is 3.74. The summed E-state index contributed by atoms with van der Waals surface area (Å²) in [5, 5.41) is 9.96. The molecule has 2 rings (SSSR count). The second-order valence-electron chi connectivity index (χ2n) is 5.38. The highest BCUT2D eigenvalue weighted by atomic mass is 16.6. The fraction of sp³-hybridized carbons (Fsp3) is 0.500. The van der Waals surface area contributed by atoms with Gasteiger partial charge in [0, 0.05) is 11.0 Å². The van der Waals surface area contributed by atoms with Crippen LogP contribution >= 0.6 is 0 Å². The molecule has 1 aromatic rings. The number of aryl methyl sites for hydroxylation is 2. The summed E-state index contributed by atoms with van der Waals surface area (Å²) in [6, 6.07) is 2.07. The molecule has 0 aliphatic carbocycles. The maximum absolute atomic E-state index is 11.7. The van der Waals surface area contributed by atoms with Crippen LogP contribution in [0.1, 0.15) is 36.1 Å². The summed E-state index contributed by atoms with van der Waals surface area (Å²) in [4.78, 5) is 11.7. The fourth-order valence-electron chi connectivity index (χ4n) is 2.57. The van der Waals surface area contributed by atoms with Gasteiger partial charge in [0.1, 0.15) is 5.75 Å². The lowest BCUT2D eigenvalue weighted by molar-refractivity contribution is -0.149. The highest BCUT2D eigenvalue weighted by Gasteiger charge is 2.44. The van der Waals surface area contributed by atoms with E-state index in [1.807, 2.05) is 34.6 Å². The lowest BCUT2D eigenvalue weighted by Gasteiger charge is -2.37. The highest BCUT2D eigenvalue weighted by molar-refractivity contribution is 5.83. The number of hydrogen-bond donors (Lipinski definition) is 1. The van der Waals surface area contributed by atoms with Crippen molar-refractivity contribution in [2.24, 2.45) is 0 Å². The van der Waals surface area contributed by atoms with Gasteiger partial charge in [-0.25, -0.2) is 4.79 Å².